The number of aldehydes is 1. The summed E-state index contributed by atoms with van der Waals surface area (Å²) in [5, 5.41) is 42.0. The number of carbonyl (C=O) groups excluding carboxylic acids is 1. The molecule has 0 heterocycles. The summed E-state index contributed by atoms with van der Waals surface area (Å²) in [6, 6.07) is 6.38. The van der Waals surface area contributed by atoms with Crippen LogP contribution in [0.3, 0.4) is 0 Å². The molecule has 0 fully saturated rings. The summed E-state index contributed by atoms with van der Waals surface area (Å²) in [6.07, 6.45) is 3.64. The van der Waals surface area contributed by atoms with Crippen molar-refractivity contribution >= 4 is 6.29 Å². The lowest BCUT2D eigenvalue weighted by Gasteiger charge is -2.22. The van der Waals surface area contributed by atoms with E-state index in [0.717, 1.165) is 30.3 Å². The Morgan fingerprint density at radius 1 is 0.833 bits per heavy atom. The second-order valence-corrected chi connectivity index (χ2v) is 8.86. The van der Waals surface area contributed by atoms with Gasteiger partial charge in [-0.25, -0.2) is 0 Å². The zero-order chi connectivity index (χ0) is 22.4. The fourth-order valence-electron chi connectivity index (χ4n) is 3.71. The maximum absolute atomic E-state index is 11.5. The van der Waals surface area contributed by atoms with Gasteiger partial charge >= 0.3 is 0 Å². The van der Waals surface area contributed by atoms with E-state index >= 15 is 0 Å². The van der Waals surface area contributed by atoms with Crippen LogP contribution in [-0.2, 0) is 17.6 Å². The summed E-state index contributed by atoms with van der Waals surface area (Å²) >= 11 is 0. The Morgan fingerprint density at radius 2 is 1.47 bits per heavy atom. The molecule has 0 radical (unpaired) electrons. The lowest BCUT2D eigenvalue weighted by Crippen LogP contribution is -2.06. The minimum Gasteiger partial charge on any atom is -0.508 e. The Morgan fingerprint density at radius 3 is 2.07 bits per heavy atom. The first kappa shape index (κ1) is 23.6. The van der Waals surface area contributed by atoms with Crippen LogP contribution < -0.4 is 0 Å². The molecule has 1 unspecified atom stereocenters. The number of phenolic OH excluding ortho intramolecular Hbond substituents is 4. The number of rotatable bonds is 10. The molecule has 2 aromatic rings. The fraction of sp³-hybridized carbons (Fsp3) is 0.480. The molecule has 1 atom stereocenters. The van der Waals surface area contributed by atoms with E-state index in [-0.39, 0.29) is 35.0 Å². The van der Waals surface area contributed by atoms with Crippen LogP contribution in [0.25, 0.3) is 0 Å². The quantitative estimate of drug-likeness (QED) is 0.390. The van der Waals surface area contributed by atoms with Gasteiger partial charge in [-0.2, -0.15) is 0 Å². The third-order valence-electron chi connectivity index (χ3n) is 5.55. The summed E-state index contributed by atoms with van der Waals surface area (Å²) in [4.78, 5) is 11.5. The predicted octanol–water partition coefficient (Wildman–Crippen LogP) is 5.41. The molecular weight excluding hydrogens is 380 g/mol. The minimum atomic E-state index is -0.584. The minimum absolute atomic E-state index is 0.0594. The summed E-state index contributed by atoms with van der Waals surface area (Å²) in [6.45, 7) is 8.34. The lowest BCUT2D eigenvalue weighted by atomic mass is 9.84. The molecule has 0 aliphatic carbocycles. The first-order valence-electron chi connectivity index (χ1n) is 10.7. The molecule has 164 valence electrons. The van der Waals surface area contributed by atoms with Crippen molar-refractivity contribution < 1.29 is 25.2 Å². The van der Waals surface area contributed by atoms with Crippen molar-refractivity contribution in [2.45, 2.75) is 65.7 Å². The first-order chi connectivity index (χ1) is 14.1. The third kappa shape index (κ3) is 5.68. The summed E-state index contributed by atoms with van der Waals surface area (Å²) in [5.74, 6) is -0.0957. The van der Waals surface area contributed by atoms with Gasteiger partial charge in [0.2, 0.25) is 0 Å². The molecule has 5 nitrogen and oxygen atoms in total. The molecule has 0 aliphatic rings. The molecule has 0 saturated heterocycles. The Hall–Kier alpha value is -2.69. The molecule has 2 rings (SSSR count). The van der Waals surface area contributed by atoms with Crippen molar-refractivity contribution in [1.29, 1.82) is 0 Å². The molecule has 4 N–H and O–H groups in total. The van der Waals surface area contributed by atoms with Crippen molar-refractivity contribution in [1.82, 2.24) is 0 Å². The Bertz CT molecular complexity index is 870. The number of carbonyl (C=O) groups is 1. The van der Waals surface area contributed by atoms with Crippen LogP contribution in [0.5, 0.6) is 23.0 Å². The van der Waals surface area contributed by atoms with Gasteiger partial charge in [0.1, 0.15) is 29.3 Å². The van der Waals surface area contributed by atoms with Crippen LogP contribution in [0.2, 0.25) is 0 Å². The van der Waals surface area contributed by atoms with E-state index < -0.39 is 5.92 Å². The average molecular weight is 415 g/mol. The molecule has 0 saturated carbocycles. The number of phenols is 4. The summed E-state index contributed by atoms with van der Waals surface area (Å²) in [7, 11) is 0. The van der Waals surface area contributed by atoms with E-state index in [1.807, 2.05) is 6.07 Å². The molecule has 2 aromatic carbocycles. The van der Waals surface area contributed by atoms with Crippen LogP contribution in [0.15, 0.2) is 24.3 Å². The van der Waals surface area contributed by atoms with Crippen molar-refractivity contribution in [2.24, 2.45) is 11.8 Å². The number of aryl methyl sites for hydroxylation is 1. The standard InChI is InChI=1S/C25H34O5/c1-15(2)5-7-18-13-17(8-10-21(18)27)19(11-12-26)24-23(29)14-22(28)20(25(24)30)9-6-16(3)4/h8,10,12-16,19,27-30H,5-7,9,11H2,1-4H3. The Kier molecular flexibility index (Phi) is 8.16. The zero-order valence-corrected chi connectivity index (χ0v) is 18.4. The fourth-order valence-corrected chi connectivity index (χ4v) is 3.71. The topological polar surface area (TPSA) is 98.0 Å². The molecule has 0 bridgehead atoms. The van der Waals surface area contributed by atoms with Crippen molar-refractivity contribution in [2.75, 3.05) is 0 Å². The lowest BCUT2D eigenvalue weighted by molar-refractivity contribution is -0.108. The van der Waals surface area contributed by atoms with Crippen LogP contribution >= 0.6 is 0 Å². The van der Waals surface area contributed by atoms with Gasteiger partial charge in [-0.3, -0.25) is 0 Å². The molecule has 0 amide bonds. The first-order valence-corrected chi connectivity index (χ1v) is 10.7. The highest BCUT2D eigenvalue weighted by Crippen LogP contribution is 2.46. The highest BCUT2D eigenvalue weighted by Gasteiger charge is 2.26. The zero-order valence-electron chi connectivity index (χ0n) is 18.4. The molecule has 0 aliphatic heterocycles. The number of benzene rings is 2. The van der Waals surface area contributed by atoms with Gasteiger partial charge in [0.15, 0.2) is 0 Å². The Labute approximate surface area is 179 Å². The van der Waals surface area contributed by atoms with Gasteiger partial charge in [0, 0.05) is 29.5 Å². The highest BCUT2D eigenvalue weighted by molar-refractivity contribution is 5.63. The van der Waals surface area contributed by atoms with Gasteiger partial charge in [0.25, 0.3) is 0 Å². The summed E-state index contributed by atoms with van der Waals surface area (Å²) < 4.78 is 0. The van der Waals surface area contributed by atoms with Gasteiger partial charge in [-0.1, -0.05) is 39.8 Å². The smallest absolute Gasteiger partial charge is 0.129 e. The second kappa shape index (κ2) is 10.4. The third-order valence-corrected chi connectivity index (χ3v) is 5.55. The van der Waals surface area contributed by atoms with Crippen LogP contribution in [0.4, 0.5) is 0 Å². The molecule has 0 spiro atoms. The molecule has 5 heteroatoms. The van der Waals surface area contributed by atoms with Crippen LogP contribution in [0.1, 0.15) is 75.1 Å². The van der Waals surface area contributed by atoms with Crippen molar-refractivity contribution in [3.63, 3.8) is 0 Å². The van der Waals surface area contributed by atoms with E-state index in [4.69, 9.17) is 0 Å². The van der Waals surface area contributed by atoms with Gasteiger partial charge in [0.05, 0.1) is 0 Å². The molecule has 30 heavy (non-hydrogen) atoms. The van der Waals surface area contributed by atoms with E-state index in [1.54, 1.807) is 12.1 Å². The van der Waals surface area contributed by atoms with Crippen LogP contribution in [-0.4, -0.2) is 26.7 Å². The van der Waals surface area contributed by atoms with E-state index in [0.29, 0.717) is 30.2 Å². The average Bonchev–Trinajstić information content (AvgIpc) is 2.66. The molecule has 0 aromatic heterocycles. The summed E-state index contributed by atoms with van der Waals surface area (Å²) in [5.41, 5.74) is 2.12. The van der Waals surface area contributed by atoms with Gasteiger partial charge < -0.3 is 25.2 Å². The maximum Gasteiger partial charge on any atom is 0.129 e. The number of aromatic hydroxyl groups is 4. The number of hydrogen-bond donors (Lipinski definition) is 4. The monoisotopic (exact) mass is 414 g/mol. The Balaban J connectivity index is 2.54. The second-order valence-electron chi connectivity index (χ2n) is 8.86. The van der Waals surface area contributed by atoms with Crippen molar-refractivity contribution in [3.8, 4) is 23.0 Å². The normalized spacial score (nSPS) is 12.5. The SMILES string of the molecule is CC(C)CCc1cc(C(CC=O)c2c(O)cc(O)c(CCC(C)C)c2O)ccc1O. The molecular formula is C25H34O5. The highest BCUT2D eigenvalue weighted by atomic mass is 16.3. The maximum atomic E-state index is 11.5. The van der Waals surface area contributed by atoms with Crippen molar-refractivity contribution in [3.05, 3.63) is 46.5 Å². The van der Waals surface area contributed by atoms with E-state index in [2.05, 4.69) is 27.7 Å². The van der Waals surface area contributed by atoms with Gasteiger partial charge in [-0.05, 0) is 54.7 Å². The van der Waals surface area contributed by atoms with E-state index in [9.17, 15) is 25.2 Å². The predicted molar refractivity (Wildman–Crippen MR) is 118 cm³/mol. The van der Waals surface area contributed by atoms with E-state index in [1.165, 1.54) is 6.07 Å². The number of hydrogen-bond acceptors (Lipinski definition) is 5. The van der Waals surface area contributed by atoms with Crippen LogP contribution in [0, 0.1) is 11.8 Å². The van der Waals surface area contributed by atoms with Gasteiger partial charge in [-0.15, -0.1) is 0 Å². The largest absolute Gasteiger partial charge is 0.508 e.